The predicted octanol–water partition coefficient (Wildman–Crippen LogP) is 1.61. The first-order valence-electron chi connectivity index (χ1n) is 8.02. The molecule has 0 aromatic heterocycles. The maximum atomic E-state index is 12.4. The molecular formula is C17H24N2O2. The lowest BCUT2D eigenvalue weighted by Gasteiger charge is -2.26. The molecule has 0 saturated heterocycles. The lowest BCUT2D eigenvalue weighted by molar-refractivity contribution is 0.0909. The van der Waals surface area contributed by atoms with Gasteiger partial charge in [0, 0.05) is 18.7 Å². The molecule has 0 spiro atoms. The number of rotatable bonds is 3. The second kappa shape index (κ2) is 6.58. The number of fused-ring (bicyclic) bond motifs is 1. The molecule has 21 heavy (non-hydrogen) atoms. The number of aliphatic hydroxyl groups is 1. The van der Waals surface area contributed by atoms with Gasteiger partial charge in [-0.05, 0) is 61.8 Å². The van der Waals surface area contributed by atoms with Crippen molar-refractivity contribution >= 4 is 5.91 Å². The first-order valence-corrected chi connectivity index (χ1v) is 8.02. The molecule has 0 bridgehead atoms. The maximum Gasteiger partial charge on any atom is 0.251 e. The summed E-state index contributed by atoms with van der Waals surface area (Å²) in [6.07, 6.45) is 4.55. The monoisotopic (exact) mass is 288 g/mol. The Bertz CT molecular complexity index is 508. The highest BCUT2D eigenvalue weighted by molar-refractivity contribution is 5.96. The third kappa shape index (κ3) is 3.44. The van der Waals surface area contributed by atoms with Crippen molar-refractivity contribution < 1.29 is 9.90 Å². The van der Waals surface area contributed by atoms with E-state index in [4.69, 9.17) is 0 Å². The zero-order chi connectivity index (χ0) is 14.7. The Labute approximate surface area is 125 Å². The van der Waals surface area contributed by atoms with E-state index in [1.54, 1.807) is 0 Å². The minimum absolute atomic E-state index is 0.0554. The van der Waals surface area contributed by atoms with Crippen LogP contribution in [0.4, 0.5) is 0 Å². The van der Waals surface area contributed by atoms with Gasteiger partial charge in [-0.2, -0.15) is 0 Å². The number of carbonyl (C=O) groups is 1. The van der Waals surface area contributed by atoms with Gasteiger partial charge in [0.05, 0.1) is 6.10 Å². The number of benzene rings is 1. The van der Waals surface area contributed by atoms with Gasteiger partial charge in [0.2, 0.25) is 0 Å². The SMILES string of the molecule is O=C(NCC1CCC(O)CC1)c1cccc2c1CCNC2. The first-order chi connectivity index (χ1) is 10.2. The summed E-state index contributed by atoms with van der Waals surface area (Å²) in [5, 5.41) is 16.0. The lowest BCUT2D eigenvalue weighted by atomic mass is 9.87. The van der Waals surface area contributed by atoms with Crippen LogP contribution in [0.25, 0.3) is 0 Å². The molecule has 1 aliphatic carbocycles. The lowest BCUT2D eigenvalue weighted by Crippen LogP contribution is -2.34. The van der Waals surface area contributed by atoms with Crippen molar-refractivity contribution in [2.24, 2.45) is 5.92 Å². The Morgan fingerprint density at radius 3 is 2.90 bits per heavy atom. The fraction of sp³-hybridized carbons (Fsp3) is 0.588. The summed E-state index contributed by atoms with van der Waals surface area (Å²) < 4.78 is 0. The number of nitrogens with one attached hydrogen (secondary N) is 2. The highest BCUT2D eigenvalue weighted by atomic mass is 16.3. The number of hydrogen-bond acceptors (Lipinski definition) is 3. The molecule has 0 unspecified atom stereocenters. The van der Waals surface area contributed by atoms with Crippen LogP contribution < -0.4 is 10.6 Å². The zero-order valence-corrected chi connectivity index (χ0v) is 12.4. The van der Waals surface area contributed by atoms with Gasteiger partial charge >= 0.3 is 0 Å². The predicted molar refractivity (Wildman–Crippen MR) is 82.2 cm³/mol. The standard InChI is InChI=1S/C17H24N2O2/c20-14-6-4-12(5-7-14)10-19-17(21)16-3-1-2-13-11-18-9-8-15(13)16/h1-3,12,14,18,20H,4-11H2,(H,19,21). The molecule has 1 heterocycles. The van der Waals surface area contributed by atoms with Crippen molar-refractivity contribution in [1.29, 1.82) is 0 Å². The molecule has 4 nitrogen and oxygen atoms in total. The Morgan fingerprint density at radius 1 is 1.29 bits per heavy atom. The Hall–Kier alpha value is -1.39. The molecule has 1 aromatic carbocycles. The Morgan fingerprint density at radius 2 is 2.10 bits per heavy atom. The molecule has 1 aliphatic heterocycles. The van der Waals surface area contributed by atoms with Gasteiger partial charge in [-0.1, -0.05) is 12.1 Å². The summed E-state index contributed by atoms with van der Waals surface area (Å²) in [6, 6.07) is 6.00. The molecule has 114 valence electrons. The Balaban J connectivity index is 1.61. The minimum Gasteiger partial charge on any atom is -0.393 e. The van der Waals surface area contributed by atoms with E-state index in [0.717, 1.165) is 57.3 Å². The van der Waals surface area contributed by atoms with Gasteiger partial charge in [0.1, 0.15) is 0 Å². The van der Waals surface area contributed by atoms with Crippen LogP contribution in [0.5, 0.6) is 0 Å². The highest BCUT2D eigenvalue weighted by Gasteiger charge is 2.21. The van der Waals surface area contributed by atoms with Crippen molar-refractivity contribution in [3.05, 3.63) is 34.9 Å². The average molecular weight is 288 g/mol. The normalized spacial score (nSPS) is 25.2. The maximum absolute atomic E-state index is 12.4. The molecule has 0 radical (unpaired) electrons. The van der Waals surface area contributed by atoms with Gasteiger partial charge in [0.25, 0.3) is 5.91 Å². The molecular weight excluding hydrogens is 264 g/mol. The summed E-state index contributed by atoms with van der Waals surface area (Å²) in [5.74, 6) is 0.568. The van der Waals surface area contributed by atoms with Gasteiger partial charge in [-0.25, -0.2) is 0 Å². The fourth-order valence-electron chi connectivity index (χ4n) is 3.43. The second-order valence-corrected chi connectivity index (χ2v) is 6.25. The molecule has 1 saturated carbocycles. The van der Waals surface area contributed by atoms with E-state index < -0.39 is 0 Å². The van der Waals surface area contributed by atoms with Crippen LogP contribution in [0.1, 0.15) is 47.2 Å². The van der Waals surface area contributed by atoms with Gasteiger partial charge in [-0.3, -0.25) is 4.79 Å². The molecule has 2 aliphatic rings. The largest absolute Gasteiger partial charge is 0.393 e. The average Bonchev–Trinajstić information content (AvgIpc) is 2.53. The van der Waals surface area contributed by atoms with Gasteiger partial charge < -0.3 is 15.7 Å². The van der Waals surface area contributed by atoms with E-state index >= 15 is 0 Å². The summed E-state index contributed by atoms with van der Waals surface area (Å²) in [4.78, 5) is 12.4. The molecule has 1 aromatic rings. The van der Waals surface area contributed by atoms with Crippen LogP contribution in [-0.2, 0) is 13.0 Å². The number of amides is 1. The third-order valence-electron chi connectivity index (χ3n) is 4.75. The van der Waals surface area contributed by atoms with Crippen LogP contribution in [0.2, 0.25) is 0 Å². The van der Waals surface area contributed by atoms with E-state index in [2.05, 4.69) is 16.7 Å². The minimum atomic E-state index is -0.134. The van der Waals surface area contributed by atoms with E-state index in [-0.39, 0.29) is 12.0 Å². The molecule has 1 fully saturated rings. The topological polar surface area (TPSA) is 61.4 Å². The summed E-state index contributed by atoms with van der Waals surface area (Å²) >= 11 is 0. The van der Waals surface area contributed by atoms with Crippen molar-refractivity contribution in [1.82, 2.24) is 10.6 Å². The second-order valence-electron chi connectivity index (χ2n) is 6.25. The summed E-state index contributed by atoms with van der Waals surface area (Å²) in [6.45, 7) is 2.53. The third-order valence-corrected chi connectivity index (χ3v) is 4.75. The zero-order valence-electron chi connectivity index (χ0n) is 12.4. The number of aliphatic hydroxyl groups excluding tert-OH is 1. The van der Waals surface area contributed by atoms with Crippen molar-refractivity contribution in [2.75, 3.05) is 13.1 Å². The Kier molecular flexibility index (Phi) is 4.56. The number of carbonyl (C=O) groups excluding carboxylic acids is 1. The van der Waals surface area contributed by atoms with E-state index in [1.807, 2.05) is 12.1 Å². The van der Waals surface area contributed by atoms with Crippen LogP contribution in [-0.4, -0.2) is 30.2 Å². The molecule has 3 N–H and O–H groups in total. The fourth-order valence-corrected chi connectivity index (χ4v) is 3.43. The smallest absolute Gasteiger partial charge is 0.251 e. The van der Waals surface area contributed by atoms with E-state index in [9.17, 15) is 9.90 Å². The molecule has 3 rings (SSSR count). The highest BCUT2D eigenvalue weighted by Crippen LogP contribution is 2.24. The van der Waals surface area contributed by atoms with Gasteiger partial charge in [-0.15, -0.1) is 0 Å². The van der Waals surface area contributed by atoms with Crippen LogP contribution in [0, 0.1) is 5.92 Å². The summed E-state index contributed by atoms with van der Waals surface area (Å²) in [5.41, 5.74) is 3.28. The van der Waals surface area contributed by atoms with Crippen molar-refractivity contribution in [3.63, 3.8) is 0 Å². The van der Waals surface area contributed by atoms with Crippen LogP contribution in [0.15, 0.2) is 18.2 Å². The van der Waals surface area contributed by atoms with E-state index in [1.165, 1.54) is 11.1 Å². The van der Waals surface area contributed by atoms with Crippen LogP contribution in [0.3, 0.4) is 0 Å². The quantitative estimate of drug-likeness (QED) is 0.792. The first kappa shape index (κ1) is 14.5. The number of hydrogen-bond donors (Lipinski definition) is 3. The van der Waals surface area contributed by atoms with Crippen molar-refractivity contribution in [2.45, 2.75) is 44.8 Å². The summed E-state index contributed by atoms with van der Waals surface area (Å²) in [7, 11) is 0. The van der Waals surface area contributed by atoms with Gasteiger partial charge in [0.15, 0.2) is 0 Å². The van der Waals surface area contributed by atoms with Crippen molar-refractivity contribution in [3.8, 4) is 0 Å². The van der Waals surface area contributed by atoms with E-state index in [0.29, 0.717) is 5.92 Å². The molecule has 0 atom stereocenters. The molecule has 1 amide bonds. The van der Waals surface area contributed by atoms with Crippen LogP contribution >= 0.6 is 0 Å². The molecule has 4 heteroatoms.